The van der Waals surface area contributed by atoms with Crippen molar-refractivity contribution >= 4 is 45.8 Å². The highest BCUT2D eigenvalue weighted by Gasteiger charge is 2.50. The largest absolute Gasteiger partial charge is 0.345 e. The van der Waals surface area contributed by atoms with Crippen molar-refractivity contribution in [2.24, 2.45) is 0 Å². The van der Waals surface area contributed by atoms with Crippen molar-refractivity contribution in [1.29, 1.82) is 0 Å². The standard InChI is InChI=1S/CHO3P.I2/c2-1-3-5(2)4-1;1-2/h1H;. The van der Waals surface area contributed by atoms with Gasteiger partial charge in [-0.1, -0.05) is 0 Å². The van der Waals surface area contributed by atoms with Crippen LogP contribution in [0.4, 0.5) is 0 Å². The highest BCUT2D eigenvalue weighted by molar-refractivity contribution is 15.0. The van der Waals surface area contributed by atoms with Crippen LogP contribution in [0.1, 0.15) is 0 Å². The normalized spacial score (nSPS) is 42.0. The van der Waals surface area contributed by atoms with Gasteiger partial charge in [0.1, 0.15) is 0 Å². The van der Waals surface area contributed by atoms with Gasteiger partial charge in [0, 0.05) is 37.2 Å². The Labute approximate surface area is 65.4 Å². The zero-order chi connectivity index (χ0) is 5.28. The molecule has 3 nitrogen and oxygen atoms in total. The Morgan fingerprint density at radius 3 is 1.29 bits per heavy atom. The summed E-state index contributed by atoms with van der Waals surface area (Å²) in [4.78, 5) is 0. The Morgan fingerprint density at radius 2 is 1.29 bits per heavy atom. The Kier molecular flexibility index (Phi) is 3.02. The molecule has 0 N–H and O–H groups in total. The molecule has 3 fully saturated rings. The molecule has 3 saturated heterocycles. The average Bonchev–Trinajstić information content (AvgIpc) is 1.30. The van der Waals surface area contributed by atoms with E-state index in [1.807, 2.05) is 0 Å². The van der Waals surface area contributed by atoms with Crippen LogP contribution >= 0.6 is 45.8 Å². The summed E-state index contributed by atoms with van der Waals surface area (Å²) >= 11 is 4.24. The summed E-state index contributed by atoms with van der Waals surface area (Å²) in [5.41, 5.74) is 0. The van der Waals surface area contributed by atoms with E-state index < -0.39 is 8.60 Å². The van der Waals surface area contributed by atoms with E-state index in [0.29, 0.717) is 0 Å². The van der Waals surface area contributed by atoms with Crippen LogP contribution < -0.4 is 0 Å². The molecule has 0 unspecified atom stereocenters. The first kappa shape index (κ1) is 6.88. The minimum absolute atomic E-state index is 0.263. The van der Waals surface area contributed by atoms with E-state index >= 15 is 0 Å². The summed E-state index contributed by atoms with van der Waals surface area (Å²) in [5, 5.41) is 0. The summed E-state index contributed by atoms with van der Waals surface area (Å²) in [6.45, 7) is -0.263. The molecule has 0 aromatic carbocycles. The van der Waals surface area contributed by atoms with Gasteiger partial charge in [-0.3, -0.25) is 13.6 Å². The number of hydrogen-bond acceptors (Lipinski definition) is 3. The van der Waals surface area contributed by atoms with Crippen LogP contribution in [-0.4, -0.2) is 6.48 Å². The highest BCUT2D eigenvalue weighted by atomic mass is 128. The molecule has 0 saturated carbocycles. The van der Waals surface area contributed by atoms with Gasteiger partial charge < -0.3 is 0 Å². The predicted molar refractivity (Wildman–Crippen MR) is 42.0 cm³/mol. The van der Waals surface area contributed by atoms with Gasteiger partial charge in [-0.15, -0.1) is 0 Å². The maximum Gasteiger partial charge on any atom is 0.345 e. The Hall–Kier alpha value is 1.77. The van der Waals surface area contributed by atoms with E-state index in [0.717, 1.165) is 0 Å². The molecular formula is CHI2O3P. The molecule has 2 bridgehead atoms. The molecule has 0 spiro atoms. The van der Waals surface area contributed by atoms with Crippen molar-refractivity contribution < 1.29 is 13.6 Å². The van der Waals surface area contributed by atoms with Crippen molar-refractivity contribution in [2.45, 2.75) is 6.48 Å². The lowest BCUT2D eigenvalue weighted by Crippen LogP contribution is -2.38. The van der Waals surface area contributed by atoms with Crippen LogP contribution in [0.25, 0.3) is 0 Å². The maximum atomic E-state index is 4.65. The summed E-state index contributed by atoms with van der Waals surface area (Å²) < 4.78 is 13.9. The van der Waals surface area contributed by atoms with Crippen molar-refractivity contribution in [2.75, 3.05) is 0 Å². The fraction of sp³-hybridized carbons (Fsp3) is 1.00. The number of hydrogen-bond donors (Lipinski definition) is 0. The average molecular weight is 346 g/mol. The molecule has 0 aliphatic carbocycles. The van der Waals surface area contributed by atoms with Gasteiger partial charge in [-0.25, -0.2) is 0 Å². The Bertz CT molecular complexity index is 49.7. The monoisotopic (exact) mass is 346 g/mol. The lowest BCUT2D eigenvalue weighted by atomic mass is 11.3. The van der Waals surface area contributed by atoms with Crippen LogP contribution in [0.5, 0.6) is 0 Å². The van der Waals surface area contributed by atoms with Gasteiger partial charge in [-0.05, 0) is 0 Å². The molecular weight excluding hydrogens is 345 g/mol. The molecule has 3 rings (SSSR count). The molecule has 7 heavy (non-hydrogen) atoms. The summed E-state index contributed by atoms with van der Waals surface area (Å²) in [7, 11) is -0.774. The first-order valence-corrected chi connectivity index (χ1v) is 8.78. The van der Waals surface area contributed by atoms with E-state index in [9.17, 15) is 0 Å². The van der Waals surface area contributed by atoms with Crippen LogP contribution in [0.15, 0.2) is 0 Å². The summed E-state index contributed by atoms with van der Waals surface area (Å²) in [6.07, 6.45) is 0. The van der Waals surface area contributed by atoms with Crippen molar-refractivity contribution in [3.05, 3.63) is 0 Å². The zero-order valence-electron chi connectivity index (χ0n) is 3.01. The molecule has 3 aliphatic rings. The highest BCUT2D eigenvalue weighted by Crippen LogP contribution is 2.66. The third kappa shape index (κ3) is 1.36. The zero-order valence-corrected chi connectivity index (χ0v) is 8.21. The van der Waals surface area contributed by atoms with E-state index in [1.165, 1.54) is 0 Å². The van der Waals surface area contributed by atoms with Crippen molar-refractivity contribution in [1.82, 2.24) is 0 Å². The molecule has 0 aromatic rings. The number of rotatable bonds is 0. The molecule has 0 aromatic heterocycles. The van der Waals surface area contributed by atoms with Crippen LogP contribution in [-0.2, 0) is 13.6 Å². The molecule has 3 heterocycles. The molecule has 0 atom stereocenters. The topological polar surface area (TPSA) is 27.7 Å². The van der Waals surface area contributed by atoms with Gasteiger partial charge in [0.2, 0.25) is 0 Å². The second-order valence-electron chi connectivity index (χ2n) is 0.829. The van der Waals surface area contributed by atoms with E-state index in [2.05, 4.69) is 50.8 Å². The third-order valence-corrected chi connectivity index (χ3v) is 1.55. The molecule has 0 amide bonds. The second kappa shape index (κ2) is 3.07. The molecule has 6 heteroatoms. The van der Waals surface area contributed by atoms with E-state index in [4.69, 9.17) is 0 Å². The second-order valence-corrected chi connectivity index (χ2v) is 1.91. The fourth-order valence-corrected chi connectivity index (χ4v) is 0.704. The summed E-state index contributed by atoms with van der Waals surface area (Å²) in [5.74, 6) is 0. The first-order chi connectivity index (χ1) is 3.45. The predicted octanol–water partition coefficient (Wildman–Crippen LogP) is 2.35. The fourth-order valence-electron chi connectivity index (χ4n) is 0.235. The van der Waals surface area contributed by atoms with E-state index in [-0.39, 0.29) is 6.48 Å². The van der Waals surface area contributed by atoms with Gasteiger partial charge in [-0.2, -0.15) is 0 Å². The maximum absolute atomic E-state index is 4.65. The lowest BCUT2D eigenvalue weighted by molar-refractivity contribution is -0.313. The SMILES string of the molecule is II.O1C2OP1O2. The van der Waals surface area contributed by atoms with Gasteiger partial charge in [0.25, 0.3) is 6.48 Å². The smallest absolute Gasteiger partial charge is 0.255 e. The molecule has 3 aliphatic heterocycles. The quantitative estimate of drug-likeness (QED) is 0.498. The molecule has 0 radical (unpaired) electrons. The number of halogens is 2. The summed E-state index contributed by atoms with van der Waals surface area (Å²) in [6, 6.07) is 0. The Balaban J connectivity index is 0.000000112. The minimum Gasteiger partial charge on any atom is -0.255 e. The van der Waals surface area contributed by atoms with Crippen molar-refractivity contribution in [3.8, 4) is 0 Å². The third-order valence-electron chi connectivity index (χ3n) is 0.516. The first-order valence-electron chi connectivity index (χ1n) is 1.40. The van der Waals surface area contributed by atoms with E-state index in [1.54, 1.807) is 0 Å². The van der Waals surface area contributed by atoms with Crippen molar-refractivity contribution in [3.63, 3.8) is 0 Å². The Morgan fingerprint density at radius 1 is 1.14 bits per heavy atom. The van der Waals surface area contributed by atoms with Crippen LogP contribution in [0, 0.1) is 0 Å². The van der Waals surface area contributed by atoms with Gasteiger partial charge in [0.05, 0.1) is 0 Å². The van der Waals surface area contributed by atoms with Gasteiger partial charge in [0.15, 0.2) is 0 Å². The lowest BCUT2D eigenvalue weighted by Gasteiger charge is -2.43. The van der Waals surface area contributed by atoms with Crippen LogP contribution in [0.2, 0.25) is 0 Å². The van der Waals surface area contributed by atoms with Gasteiger partial charge >= 0.3 is 8.60 Å². The minimum atomic E-state index is -0.774. The molecule has 42 valence electrons. The van der Waals surface area contributed by atoms with Crippen LogP contribution in [0.3, 0.4) is 0 Å².